The monoisotopic (exact) mass is 469 g/mol. The molecule has 0 aliphatic heterocycles. The van der Waals surface area contributed by atoms with Crippen LogP contribution in [0.3, 0.4) is 0 Å². The molecule has 1 heterocycles. The zero-order valence-corrected chi connectivity index (χ0v) is 18.2. The van der Waals surface area contributed by atoms with Crippen LogP contribution < -0.4 is 10.6 Å². The molecule has 0 fully saturated rings. The van der Waals surface area contributed by atoms with E-state index in [0.29, 0.717) is 5.56 Å². The van der Waals surface area contributed by atoms with Gasteiger partial charge in [-0.25, -0.2) is 0 Å². The number of hydrogen-bond donors (Lipinski definition) is 2. The highest BCUT2D eigenvalue weighted by Crippen LogP contribution is 2.06. The maximum atomic E-state index is 11.7. The van der Waals surface area contributed by atoms with E-state index in [9.17, 15) is 4.79 Å². The first-order valence-electron chi connectivity index (χ1n) is 8.38. The van der Waals surface area contributed by atoms with Crippen LogP contribution in [0, 0.1) is 0 Å². The van der Waals surface area contributed by atoms with Crippen molar-refractivity contribution in [3.8, 4) is 0 Å². The molecule has 26 heavy (non-hydrogen) atoms. The van der Waals surface area contributed by atoms with E-state index >= 15 is 0 Å². The Balaban J connectivity index is 0.00000338. The van der Waals surface area contributed by atoms with Crippen LogP contribution >= 0.6 is 24.0 Å². The molecule has 0 spiro atoms. The van der Waals surface area contributed by atoms with Crippen LogP contribution in [0.1, 0.15) is 21.6 Å². The topological polar surface area (TPSA) is 61.7 Å². The summed E-state index contributed by atoms with van der Waals surface area (Å²) in [5, 5.41) is 6.03. The first kappa shape index (κ1) is 22.0. The van der Waals surface area contributed by atoms with Gasteiger partial charge in [-0.2, -0.15) is 0 Å². The highest BCUT2D eigenvalue weighted by molar-refractivity contribution is 14.0. The molecule has 0 atom stereocenters. The van der Waals surface area contributed by atoms with Gasteiger partial charge in [0.25, 0.3) is 5.91 Å². The van der Waals surface area contributed by atoms with Gasteiger partial charge in [0.05, 0.1) is 6.54 Å². The first-order valence-corrected chi connectivity index (χ1v) is 8.38. The second-order valence-corrected chi connectivity index (χ2v) is 5.97. The Hall–Kier alpha value is -2.03. The quantitative estimate of drug-likeness (QED) is 0.388. The van der Waals surface area contributed by atoms with Crippen molar-refractivity contribution >= 4 is 35.8 Å². The van der Waals surface area contributed by atoms with Crippen LogP contribution in [-0.2, 0) is 20.0 Å². The van der Waals surface area contributed by atoms with Gasteiger partial charge in [0, 0.05) is 52.2 Å². The number of nitrogens with one attached hydrogen (secondary N) is 2. The molecule has 2 aromatic rings. The Bertz CT molecular complexity index is 741. The van der Waals surface area contributed by atoms with Gasteiger partial charge in [0.2, 0.25) is 0 Å². The molecule has 0 saturated heterocycles. The average Bonchev–Trinajstić information content (AvgIpc) is 3.03. The van der Waals surface area contributed by atoms with E-state index in [0.717, 1.165) is 31.0 Å². The third-order valence-corrected chi connectivity index (χ3v) is 4.14. The van der Waals surface area contributed by atoms with Crippen LogP contribution in [0.4, 0.5) is 0 Å². The summed E-state index contributed by atoms with van der Waals surface area (Å²) in [6, 6.07) is 11.8. The van der Waals surface area contributed by atoms with E-state index in [1.165, 1.54) is 5.69 Å². The number of aromatic nitrogens is 1. The smallest absolute Gasteiger partial charge is 0.251 e. The predicted molar refractivity (Wildman–Crippen MR) is 117 cm³/mol. The standard InChI is InChI=1S/C19H27N5O.HI/c1-20-18(25)16-8-5-7-15(13-16)10-11-22-19(21-2)24(4)14-17-9-6-12-23(17)3;/h5-9,12-13H,10-11,14H2,1-4H3,(H,20,25)(H,21,22);1H. The number of carbonyl (C=O) groups is 1. The lowest BCUT2D eigenvalue weighted by Gasteiger charge is -2.22. The maximum absolute atomic E-state index is 11.7. The summed E-state index contributed by atoms with van der Waals surface area (Å²) in [6.45, 7) is 1.54. The van der Waals surface area contributed by atoms with E-state index in [4.69, 9.17) is 0 Å². The number of hydrogen-bond acceptors (Lipinski definition) is 2. The highest BCUT2D eigenvalue weighted by Gasteiger charge is 2.08. The summed E-state index contributed by atoms with van der Waals surface area (Å²) >= 11 is 0. The van der Waals surface area contributed by atoms with Crippen molar-refractivity contribution in [1.82, 2.24) is 20.1 Å². The van der Waals surface area contributed by atoms with Gasteiger partial charge in [-0.3, -0.25) is 9.79 Å². The maximum Gasteiger partial charge on any atom is 0.251 e. The summed E-state index contributed by atoms with van der Waals surface area (Å²) in [4.78, 5) is 18.1. The van der Waals surface area contributed by atoms with E-state index < -0.39 is 0 Å². The first-order chi connectivity index (χ1) is 12.0. The lowest BCUT2D eigenvalue weighted by atomic mass is 10.1. The number of aliphatic imine (C=N–C) groups is 1. The van der Waals surface area contributed by atoms with Gasteiger partial charge in [0.15, 0.2) is 5.96 Å². The molecule has 6 nitrogen and oxygen atoms in total. The summed E-state index contributed by atoms with van der Waals surface area (Å²) in [6.07, 6.45) is 2.86. The zero-order valence-electron chi connectivity index (χ0n) is 15.8. The summed E-state index contributed by atoms with van der Waals surface area (Å²) in [5.74, 6) is 0.788. The molecule has 2 N–H and O–H groups in total. The van der Waals surface area contributed by atoms with Gasteiger partial charge in [0.1, 0.15) is 0 Å². The van der Waals surface area contributed by atoms with Gasteiger partial charge >= 0.3 is 0 Å². The van der Waals surface area contributed by atoms with Crippen molar-refractivity contribution in [3.05, 3.63) is 59.4 Å². The lowest BCUT2D eigenvalue weighted by Crippen LogP contribution is -2.39. The Morgan fingerprint density at radius 3 is 2.65 bits per heavy atom. The van der Waals surface area contributed by atoms with E-state index in [2.05, 4.69) is 31.2 Å². The average molecular weight is 469 g/mol. The molecule has 0 aliphatic rings. The minimum Gasteiger partial charge on any atom is -0.356 e. The number of aryl methyl sites for hydroxylation is 1. The number of nitrogens with zero attached hydrogens (tertiary/aromatic N) is 3. The molecule has 0 unspecified atom stereocenters. The van der Waals surface area contributed by atoms with Crippen molar-refractivity contribution in [2.24, 2.45) is 12.0 Å². The van der Waals surface area contributed by atoms with Crippen molar-refractivity contribution < 1.29 is 4.79 Å². The SMILES string of the molecule is CN=C(NCCc1cccc(C(=O)NC)c1)N(C)Cc1cccn1C.I. The largest absolute Gasteiger partial charge is 0.356 e. The Morgan fingerprint density at radius 1 is 1.27 bits per heavy atom. The fraction of sp³-hybridized carbons (Fsp3) is 0.368. The van der Waals surface area contributed by atoms with Crippen LogP contribution in [-0.4, -0.2) is 49.0 Å². The van der Waals surface area contributed by atoms with E-state index in [-0.39, 0.29) is 29.9 Å². The number of rotatable bonds is 6. The molecule has 0 bridgehead atoms. The normalized spacial score (nSPS) is 10.8. The summed E-state index contributed by atoms with van der Waals surface area (Å²) in [7, 11) is 7.49. The van der Waals surface area contributed by atoms with E-state index in [1.807, 2.05) is 50.6 Å². The Labute approximate surface area is 172 Å². The van der Waals surface area contributed by atoms with Gasteiger partial charge in [-0.05, 0) is 36.2 Å². The Kier molecular flexibility index (Phi) is 9.18. The summed E-state index contributed by atoms with van der Waals surface area (Å²) in [5.41, 5.74) is 3.03. The predicted octanol–water partition coefficient (Wildman–Crippen LogP) is 2.25. The lowest BCUT2D eigenvalue weighted by molar-refractivity contribution is 0.0963. The van der Waals surface area contributed by atoms with E-state index in [1.54, 1.807) is 14.1 Å². The third-order valence-electron chi connectivity index (χ3n) is 4.14. The Morgan fingerprint density at radius 2 is 2.04 bits per heavy atom. The molecule has 142 valence electrons. The molecule has 1 amide bonds. The second kappa shape index (κ2) is 10.8. The minimum atomic E-state index is -0.0621. The number of amides is 1. The fourth-order valence-corrected chi connectivity index (χ4v) is 2.69. The number of carbonyl (C=O) groups excluding carboxylic acids is 1. The molecule has 1 aromatic carbocycles. The molecule has 0 saturated carbocycles. The van der Waals surface area contributed by atoms with Gasteiger partial charge in [-0.15, -0.1) is 24.0 Å². The van der Waals surface area contributed by atoms with Gasteiger partial charge in [-0.1, -0.05) is 12.1 Å². The molecular weight excluding hydrogens is 441 g/mol. The van der Waals surface area contributed by atoms with Gasteiger partial charge < -0.3 is 20.1 Å². The molecule has 0 radical (unpaired) electrons. The highest BCUT2D eigenvalue weighted by atomic mass is 127. The zero-order chi connectivity index (χ0) is 18.2. The molecule has 1 aromatic heterocycles. The number of benzene rings is 1. The van der Waals surface area contributed by atoms with Crippen LogP contribution in [0.2, 0.25) is 0 Å². The number of halogens is 1. The van der Waals surface area contributed by atoms with Crippen molar-refractivity contribution in [2.45, 2.75) is 13.0 Å². The van der Waals surface area contributed by atoms with Crippen molar-refractivity contribution in [3.63, 3.8) is 0 Å². The number of guanidine groups is 1. The molecule has 2 rings (SSSR count). The minimum absolute atomic E-state index is 0. The second-order valence-electron chi connectivity index (χ2n) is 5.97. The molecule has 0 aliphatic carbocycles. The van der Waals surface area contributed by atoms with Crippen LogP contribution in [0.25, 0.3) is 0 Å². The van der Waals surface area contributed by atoms with Crippen molar-refractivity contribution in [1.29, 1.82) is 0 Å². The summed E-state index contributed by atoms with van der Waals surface area (Å²) < 4.78 is 2.11. The fourth-order valence-electron chi connectivity index (χ4n) is 2.69. The molecule has 7 heteroatoms. The van der Waals surface area contributed by atoms with Crippen LogP contribution in [0.5, 0.6) is 0 Å². The van der Waals surface area contributed by atoms with Crippen LogP contribution in [0.15, 0.2) is 47.6 Å². The van der Waals surface area contributed by atoms with Crippen molar-refractivity contribution in [2.75, 3.05) is 27.7 Å². The third kappa shape index (κ3) is 6.05. The molecular formula is C19H28IN5O.